The summed E-state index contributed by atoms with van der Waals surface area (Å²) in [5, 5.41) is 2.91. The molecule has 2 atom stereocenters. The van der Waals surface area contributed by atoms with Crippen LogP contribution in [0.25, 0.3) is 0 Å². The second-order valence-electron chi connectivity index (χ2n) is 6.73. The molecule has 112 valence electrons. The summed E-state index contributed by atoms with van der Waals surface area (Å²) in [5.74, 6) is 0.860. The molecule has 1 aromatic rings. The van der Waals surface area contributed by atoms with E-state index in [1.807, 2.05) is 26.0 Å². The first-order chi connectivity index (χ1) is 9.91. The van der Waals surface area contributed by atoms with Crippen molar-refractivity contribution in [3.05, 3.63) is 24.3 Å². The topological polar surface area (TPSA) is 55.4 Å². The molecule has 3 rings (SSSR count). The molecular formula is C17H21NO3. The molecule has 0 aliphatic heterocycles. The lowest BCUT2D eigenvalue weighted by Gasteiger charge is -2.32. The predicted octanol–water partition coefficient (Wildman–Crippen LogP) is 3.03. The number of carbonyl (C=O) groups is 2. The Morgan fingerprint density at radius 1 is 1.33 bits per heavy atom. The SMILES string of the molecule is COc1ccccc1NC(=O)[C@@]12CC[C@@H](C1)C(C)(C)C2=O. The van der Waals surface area contributed by atoms with Gasteiger partial charge in [0.25, 0.3) is 0 Å². The van der Waals surface area contributed by atoms with Gasteiger partial charge in [-0.1, -0.05) is 26.0 Å². The average molecular weight is 287 g/mol. The summed E-state index contributed by atoms with van der Waals surface area (Å²) in [5.41, 5.74) is -0.592. The van der Waals surface area contributed by atoms with E-state index in [1.54, 1.807) is 19.2 Å². The van der Waals surface area contributed by atoms with Gasteiger partial charge in [-0.05, 0) is 37.3 Å². The number of methoxy groups -OCH3 is 1. The number of para-hydroxylation sites is 2. The summed E-state index contributed by atoms with van der Waals surface area (Å²) < 4.78 is 5.25. The number of fused-ring (bicyclic) bond motifs is 2. The van der Waals surface area contributed by atoms with E-state index >= 15 is 0 Å². The van der Waals surface area contributed by atoms with Crippen LogP contribution < -0.4 is 10.1 Å². The van der Waals surface area contributed by atoms with Crippen LogP contribution in [-0.4, -0.2) is 18.8 Å². The maximum Gasteiger partial charge on any atom is 0.238 e. The Morgan fingerprint density at radius 3 is 2.67 bits per heavy atom. The summed E-state index contributed by atoms with van der Waals surface area (Å²) in [6.45, 7) is 3.94. The number of anilines is 1. The van der Waals surface area contributed by atoms with Gasteiger partial charge in [0.15, 0.2) is 5.78 Å². The van der Waals surface area contributed by atoms with Crippen molar-refractivity contribution in [3.8, 4) is 5.75 Å². The molecule has 0 unspecified atom stereocenters. The molecule has 0 radical (unpaired) electrons. The van der Waals surface area contributed by atoms with Crippen LogP contribution in [0.2, 0.25) is 0 Å². The molecule has 0 heterocycles. The fourth-order valence-electron chi connectivity index (χ4n) is 3.97. The molecule has 2 fully saturated rings. The molecular weight excluding hydrogens is 266 g/mol. The molecule has 1 N–H and O–H groups in total. The number of ketones is 1. The van der Waals surface area contributed by atoms with E-state index in [2.05, 4.69) is 5.32 Å². The summed E-state index contributed by atoms with van der Waals surface area (Å²) in [6, 6.07) is 7.28. The third-order valence-corrected chi connectivity index (χ3v) is 5.34. The molecule has 0 spiro atoms. The third kappa shape index (κ3) is 1.88. The van der Waals surface area contributed by atoms with Gasteiger partial charge in [0.1, 0.15) is 11.2 Å². The van der Waals surface area contributed by atoms with Crippen LogP contribution in [0.5, 0.6) is 5.75 Å². The maximum absolute atomic E-state index is 12.8. The number of hydrogen-bond acceptors (Lipinski definition) is 3. The molecule has 2 aliphatic carbocycles. The van der Waals surface area contributed by atoms with E-state index in [9.17, 15) is 9.59 Å². The minimum absolute atomic E-state index is 0.0960. The molecule has 21 heavy (non-hydrogen) atoms. The summed E-state index contributed by atoms with van der Waals surface area (Å²) in [7, 11) is 1.57. The van der Waals surface area contributed by atoms with Gasteiger partial charge in [0.2, 0.25) is 5.91 Å². The molecule has 4 nitrogen and oxygen atoms in total. The zero-order valence-corrected chi connectivity index (χ0v) is 12.7. The molecule has 0 saturated heterocycles. The monoisotopic (exact) mass is 287 g/mol. The Morgan fingerprint density at radius 2 is 2.05 bits per heavy atom. The number of benzene rings is 1. The first kappa shape index (κ1) is 14.1. The highest BCUT2D eigenvalue weighted by Crippen LogP contribution is 2.60. The Labute approximate surface area is 124 Å². The number of hydrogen-bond donors (Lipinski definition) is 1. The third-order valence-electron chi connectivity index (χ3n) is 5.34. The van der Waals surface area contributed by atoms with E-state index in [1.165, 1.54) is 0 Å². The van der Waals surface area contributed by atoms with E-state index in [0.29, 0.717) is 30.2 Å². The number of amides is 1. The van der Waals surface area contributed by atoms with Crippen molar-refractivity contribution in [1.29, 1.82) is 0 Å². The lowest BCUT2D eigenvalue weighted by atomic mass is 9.70. The molecule has 2 bridgehead atoms. The van der Waals surface area contributed by atoms with Crippen LogP contribution >= 0.6 is 0 Å². The van der Waals surface area contributed by atoms with Crippen molar-refractivity contribution >= 4 is 17.4 Å². The number of rotatable bonds is 3. The van der Waals surface area contributed by atoms with Crippen molar-refractivity contribution in [1.82, 2.24) is 0 Å². The van der Waals surface area contributed by atoms with Crippen LogP contribution in [0.15, 0.2) is 24.3 Å². The summed E-state index contributed by atoms with van der Waals surface area (Å²) in [6.07, 6.45) is 2.30. The van der Waals surface area contributed by atoms with E-state index in [0.717, 1.165) is 6.42 Å². The largest absolute Gasteiger partial charge is 0.495 e. The zero-order valence-electron chi connectivity index (χ0n) is 12.7. The van der Waals surface area contributed by atoms with Crippen LogP contribution in [0, 0.1) is 16.7 Å². The Hall–Kier alpha value is -1.84. The highest BCUT2D eigenvalue weighted by Gasteiger charge is 2.65. The van der Waals surface area contributed by atoms with Crippen LogP contribution in [0.1, 0.15) is 33.1 Å². The summed E-state index contributed by atoms with van der Waals surface area (Å²) in [4.78, 5) is 25.5. The Bertz CT molecular complexity index is 608. The van der Waals surface area contributed by atoms with Gasteiger partial charge < -0.3 is 10.1 Å². The standard InChI is InChI=1S/C17H21NO3/c1-16(2)11-8-9-17(10-11,14(16)19)15(20)18-12-6-4-5-7-13(12)21-3/h4-7,11H,8-10H2,1-3H3,(H,18,20)/t11-,17-/m0/s1. The lowest BCUT2D eigenvalue weighted by molar-refractivity contribution is -0.142. The highest BCUT2D eigenvalue weighted by atomic mass is 16.5. The van der Waals surface area contributed by atoms with Gasteiger partial charge in [-0.3, -0.25) is 9.59 Å². The van der Waals surface area contributed by atoms with Crippen molar-refractivity contribution in [2.45, 2.75) is 33.1 Å². The molecule has 1 aromatic carbocycles. The Balaban J connectivity index is 1.88. The van der Waals surface area contributed by atoms with E-state index in [4.69, 9.17) is 4.74 Å². The smallest absolute Gasteiger partial charge is 0.238 e. The van der Waals surface area contributed by atoms with Gasteiger partial charge in [-0.25, -0.2) is 0 Å². The second kappa shape index (κ2) is 4.58. The van der Waals surface area contributed by atoms with Crippen molar-refractivity contribution in [2.75, 3.05) is 12.4 Å². The highest BCUT2D eigenvalue weighted by molar-refractivity contribution is 6.15. The van der Waals surface area contributed by atoms with Crippen molar-refractivity contribution < 1.29 is 14.3 Å². The second-order valence-corrected chi connectivity index (χ2v) is 6.73. The molecule has 1 amide bonds. The van der Waals surface area contributed by atoms with Crippen LogP contribution in [0.4, 0.5) is 5.69 Å². The molecule has 2 aliphatic rings. The van der Waals surface area contributed by atoms with Crippen molar-refractivity contribution in [2.24, 2.45) is 16.7 Å². The van der Waals surface area contributed by atoms with E-state index < -0.39 is 5.41 Å². The zero-order chi connectivity index (χ0) is 15.3. The fraction of sp³-hybridized carbons (Fsp3) is 0.529. The summed E-state index contributed by atoms with van der Waals surface area (Å²) >= 11 is 0. The van der Waals surface area contributed by atoms with Gasteiger partial charge in [-0.2, -0.15) is 0 Å². The number of nitrogens with one attached hydrogen (secondary N) is 1. The van der Waals surface area contributed by atoms with Crippen LogP contribution in [0.3, 0.4) is 0 Å². The minimum Gasteiger partial charge on any atom is -0.495 e. The van der Waals surface area contributed by atoms with Gasteiger partial charge in [0, 0.05) is 5.41 Å². The normalized spacial score (nSPS) is 29.5. The van der Waals surface area contributed by atoms with Gasteiger partial charge >= 0.3 is 0 Å². The molecule has 2 saturated carbocycles. The number of carbonyl (C=O) groups excluding carboxylic acids is 2. The average Bonchev–Trinajstić information content (AvgIpc) is 3.00. The minimum atomic E-state index is -0.838. The van der Waals surface area contributed by atoms with Crippen LogP contribution in [-0.2, 0) is 9.59 Å². The quantitative estimate of drug-likeness (QED) is 0.869. The van der Waals surface area contributed by atoms with Gasteiger partial charge in [0.05, 0.1) is 12.8 Å². The number of ether oxygens (including phenoxy) is 1. The predicted molar refractivity (Wildman–Crippen MR) is 80.2 cm³/mol. The van der Waals surface area contributed by atoms with E-state index in [-0.39, 0.29) is 17.1 Å². The molecule has 0 aromatic heterocycles. The first-order valence-corrected chi connectivity index (χ1v) is 7.41. The fourth-order valence-corrected chi connectivity index (χ4v) is 3.97. The van der Waals surface area contributed by atoms with Gasteiger partial charge in [-0.15, -0.1) is 0 Å². The maximum atomic E-state index is 12.8. The van der Waals surface area contributed by atoms with Crippen molar-refractivity contribution in [3.63, 3.8) is 0 Å². The lowest BCUT2D eigenvalue weighted by Crippen LogP contribution is -2.44. The molecule has 4 heteroatoms. The first-order valence-electron chi connectivity index (χ1n) is 7.41. The Kier molecular flexibility index (Phi) is 3.08. The number of Topliss-reactive ketones (excluding diaryl/α,β-unsaturated/α-hetero) is 1.